The third kappa shape index (κ3) is 2.90. The van der Waals surface area contributed by atoms with Gasteiger partial charge in [0.05, 0.1) is 7.11 Å². The summed E-state index contributed by atoms with van der Waals surface area (Å²) in [5.41, 5.74) is 8.35. The fourth-order valence-corrected chi connectivity index (χ4v) is 2.09. The molecule has 3 N–H and O–H groups in total. The van der Waals surface area contributed by atoms with E-state index in [4.69, 9.17) is 5.73 Å². The maximum Gasteiger partial charge on any atom is 0.305 e. The molecule has 2 aromatic rings. The Kier molecular flexibility index (Phi) is 3.99. The number of hydrogen-bond donors (Lipinski definition) is 2. The predicted molar refractivity (Wildman–Crippen MR) is 71.2 cm³/mol. The summed E-state index contributed by atoms with van der Waals surface area (Å²) < 4.78 is 4.61. The van der Waals surface area contributed by atoms with Crippen LogP contribution < -0.4 is 5.73 Å². The van der Waals surface area contributed by atoms with Gasteiger partial charge in [-0.1, -0.05) is 18.2 Å². The lowest BCUT2D eigenvalue weighted by Gasteiger charge is -2.09. The average Bonchev–Trinajstić information content (AvgIpc) is 2.79. The van der Waals surface area contributed by atoms with Crippen molar-refractivity contribution in [2.24, 2.45) is 5.73 Å². The zero-order chi connectivity index (χ0) is 13.0. The van der Waals surface area contributed by atoms with Crippen LogP contribution in [-0.4, -0.2) is 24.1 Å². The molecule has 0 saturated carbocycles. The number of benzene rings is 1. The van der Waals surface area contributed by atoms with E-state index in [0.717, 1.165) is 11.9 Å². The molecular weight excluding hydrogens is 228 g/mol. The third-order valence-electron chi connectivity index (χ3n) is 3.10. The van der Waals surface area contributed by atoms with Crippen molar-refractivity contribution in [3.63, 3.8) is 0 Å². The lowest BCUT2D eigenvalue weighted by Crippen LogP contribution is -2.23. The number of carbonyl (C=O) groups is 1. The lowest BCUT2D eigenvalue weighted by molar-refractivity contribution is -0.140. The van der Waals surface area contributed by atoms with Crippen LogP contribution in [0, 0.1) is 0 Å². The topological polar surface area (TPSA) is 68.1 Å². The lowest BCUT2D eigenvalue weighted by atomic mass is 10.0. The summed E-state index contributed by atoms with van der Waals surface area (Å²) in [5.74, 6) is -0.204. The van der Waals surface area contributed by atoms with Gasteiger partial charge in [-0.15, -0.1) is 0 Å². The zero-order valence-electron chi connectivity index (χ0n) is 10.5. The van der Waals surface area contributed by atoms with Crippen molar-refractivity contribution in [3.05, 3.63) is 36.0 Å². The van der Waals surface area contributed by atoms with Gasteiger partial charge in [0.2, 0.25) is 0 Å². The molecule has 1 aromatic carbocycles. The van der Waals surface area contributed by atoms with Gasteiger partial charge in [-0.05, 0) is 24.5 Å². The molecule has 4 nitrogen and oxygen atoms in total. The van der Waals surface area contributed by atoms with Gasteiger partial charge in [0, 0.05) is 29.6 Å². The number of esters is 1. The Morgan fingerprint density at radius 1 is 1.44 bits per heavy atom. The Morgan fingerprint density at radius 3 is 3.00 bits per heavy atom. The number of methoxy groups -OCH3 is 1. The quantitative estimate of drug-likeness (QED) is 0.793. The van der Waals surface area contributed by atoms with Crippen molar-refractivity contribution in [1.82, 2.24) is 4.98 Å². The summed E-state index contributed by atoms with van der Waals surface area (Å²) in [6.45, 7) is 0. The minimum absolute atomic E-state index is 0.0247. The molecule has 1 atom stereocenters. The van der Waals surface area contributed by atoms with E-state index >= 15 is 0 Å². The second kappa shape index (κ2) is 5.69. The van der Waals surface area contributed by atoms with E-state index in [9.17, 15) is 4.79 Å². The third-order valence-corrected chi connectivity index (χ3v) is 3.10. The van der Waals surface area contributed by atoms with E-state index in [0.29, 0.717) is 12.8 Å². The monoisotopic (exact) mass is 246 g/mol. The highest BCUT2D eigenvalue weighted by Gasteiger charge is 2.10. The summed E-state index contributed by atoms with van der Waals surface area (Å²) in [5, 5.41) is 1.20. The molecule has 96 valence electrons. The molecule has 1 heterocycles. The molecule has 0 bridgehead atoms. The SMILES string of the molecule is COC(=O)CCC(N)Cc1c[nH]c2ccccc12. The summed E-state index contributed by atoms with van der Waals surface area (Å²) in [6.07, 6.45) is 3.77. The molecule has 0 saturated heterocycles. The van der Waals surface area contributed by atoms with Gasteiger partial charge >= 0.3 is 5.97 Å². The zero-order valence-corrected chi connectivity index (χ0v) is 10.5. The molecule has 2 rings (SSSR count). The van der Waals surface area contributed by atoms with E-state index in [-0.39, 0.29) is 12.0 Å². The first kappa shape index (κ1) is 12.6. The van der Waals surface area contributed by atoms with Crippen LogP contribution in [0.25, 0.3) is 10.9 Å². The van der Waals surface area contributed by atoms with Crippen LogP contribution in [0.1, 0.15) is 18.4 Å². The molecule has 0 aliphatic heterocycles. The summed E-state index contributed by atoms with van der Waals surface area (Å²) in [7, 11) is 1.40. The highest BCUT2D eigenvalue weighted by atomic mass is 16.5. The van der Waals surface area contributed by atoms with Crippen LogP contribution in [0.4, 0.5) is 0 Å². The number of nitrogens with one attached hydrogen (secondary N) is 1. The van der Waals surface area contributed by atoms with Crippen LogP contribution in [0.5, 0.6) is 0 Å². The maximum absolute atomic E-state index is 11.0. The number of aromatic nitrogens is 1. The minimum atomic E-state index is -0.204. The van der Waals surface area contributed by atoms with Crippen LogP contribution in [0.3, 0.4) is 0 Å². The molecule has 0 amide bonds. The van der Waals surface area contributed by atoms with Gasteiger partial charge < -0.3 is 15.5 Å². The molecular formula is C14H18N2O2. The van der Waals surface area contributed by atoms with Crippen LogP contribution in [0.2, 0.25) is 0 Å². The number of aromatic amines is 1. The number of para-hydroxylation sites is 1. The molecule has 0 spiro atoms. The fourth-order valence-electron chi connectivity index (χ4n) is 2.09. The van der Waals surface area contributed by atoms with Crippen LogP contribution >= 0.6 is 0 Å². The fraction of sp³-hybridized carbons (Fsp3) is 0.357. The van der Waals surface area contributed by atoms with Crippen molar-refractivity contribution in [2.75, 3.05) is 7.11 Å². The largest absolute Gasteiger partial charge is 0.469 e. The number of ether oxygens (including phenoxy) is 1. The number of H-pyrrole nitrogens is 1. The first-order valence-electron chi connectivity index (χ1n) is 6.08. The standard InChI is InChI=1S/C14H18N2O2/c1-18-14(17)7-6-11(15)8-10-9-16-13-5-3-2-4-12(10)13/h2-5,9,11,16H,6-8,15H2,1H3. The smallest absolute Gasteiger partial charge is 0.305 e. The molecule has 4 heteroatoms. The average molecular weight is 246 g/mol. The van der Waals surface area contributed by atoms with E-state index < -0.39 is 0 Å². The van der Waals surface area contributed by atoms with Crippen molar-refractivity contribution >= 4 is 16.9 Å². The molecule has 0 aliphatic rings. The van der Waals surface area contributed by atoms with Crippen LogP contribution in [0.15, 0.2) is 30.5 Å². The Bertz CT molecular complexity index is 533. The number of fused-ring (bicyclic) bond motifs is 1. The normalized spacial score (nSPS) is 12.6. The van der Waals surface area contributed by atoms with Crippen molar-refractivity contribution in [1.29, 1.82) is 0 Å². The predicted octanol–water partition coefficient (Wildman–Crippen LogP) is 1.99. The molecule has 1 aromatic heterocycles. The highest BCUT2D eigenvalue weighted by Crippen LogP contribution is 2.19. The van der Waals surface area contributed by atoms with Gasteiger partial charge in [0.15, 0.2) is 0 Å². The molecule has 1 unspecified atom stereocenters. The summed E-state index contributed by atoms with van der Waals surface area (Å²) >= 11 is 0. The Hall–Kier alpha value is -1.81. The Morgan fingerprint density at radius 2 is 2.22 bits per heavy atom. The summed E-state index contributed by atoms with van der Waals surface area (Å²) in [6, 6.07) is 8.11. The number of hydrogen-bond acceptors (Lipinski definition) is 3. The van der Waals surface area contributed by atoms with Crippen molar-refractivity contribution in [3.8, 4) is 0 Å². The molecule has 0 aliphatic carbocycles. The second-order valence-corrected chi connectivity index (χ2v) is 4.44. The molecule has 18 heavy (non-hydrogen) atoms. The van der Waals surface area contributed by atoms with Gasteiger partial charge in [-0.25, -0.2) is 0 Å². The number of rotatable bonds is 5. The van der Waals surface area contributed by atoms with Crippen molar-refractivity contribution < 1.29 is 9.53 Å². The first-order chi connectivity index (χ1) is 8.70. The van der Waals surface area contributed by atoms with E-state index in [1.165, 1.54) is 18.1 Å². The molecule has 0 radical (unpaired) electrons. The van der Waals surface area contributed by atoms with Gasteiger partial charge in [-0.3, -0.25) is 4.79 Å². The summed E-state index contributed by atoms with van der Waals surface area (Å²) in [4.78, 5) is 14.3. The first-order valence-corrected chi connectivity index (χ1v) is 6.08. The van der Waals surface area contributed by atoms with Gasteiger partial charge in [0.25, 0.3) is 0 Å². The molecule has 0 fully saturated rings. The van der Waals surface area contributed by atoms with Gasteiger partial charge in [-0.2, -0.15) is 0 Å². The van der Waals surface area contributed by atoms with Crippen LogP contribution in [-0.2, 0) is 16.0 Å². The van der Waals surface area contributed by atoms with E-state index in [2.05, 4.69) is 15.8 Å². The second-order valence-electron chi connectivity index (χ2n) is 4.44. The Labute approximate surface area is 106 Å². The highest BCUT2D eigenvalue weighted by molar-refractivity contribution is 5.83. The van der Waals surface area contributed by atoms with E-state index in [1.807, 2.05) is 24.4 Å². The number of nitrogens with two attached hydrogens (primary N) is 1. The minimum Gasteiger partial charge on any atom is -0.469 e. The maximum atomic E-state index is 11.0. The van der Waals surface area contributed by atoms with E-state index in [1.54, 1.807) is 0 Å². The van der Waals surface area contributed by atoms with Gasteiger partial charge in [0.1, 0.15) is 0 Å². The number of carbonyl (C=O) groups excluding carboxylic acids is 1. The van der Waals surface area contributed by atoms with Crippen molar-refractivity contribution in [2.45, 2.75) is 25.3 Å². The Balaban J connectivity index is 1.98.